The van der Waals surface area contributed by atoms with E-state index in [2.05, 4.69) is 15.3 Å². The van der Waals surface area contributed by atoms with Crippen LogP contribution in [0.4, 0.5) is 5.69 Å². The molecule has 0 unspecified atom stereocenters. The zero-order valence-electron chi connectivity index (χ0n) is 15.5. The molecule has 2 heterocycles. The fourth-order valence-electron chi connectivity index (χ4n) is 3.14. The number of nitrogens with zero attached hydrogens (tertiary/aromatic N) is 3. The molecule has 6 nitrogen and oxygen atoms in total. The number of nitrogens with one attached hydrogen (secondary N) is 1. The number of carbonyl (C=O) groups excluding carboxylic acids is 2. The Morgan fingerprint density at radius 1 is 1.14 bits per heavy atom. The van der Waals surface area contributed by atoms with Crippen LogP contribution in [0.5, 0.6) is 0 Å². The number of hydrogen-bond acceptors (Lipinski definition) is 5. The van der Waals surface area contributed by atoms with Crippen LogP contribution in [0.3, 0.4) is 0 Å². The number of fused-ring (bicyclic) bond motifs is 3. The summed E-state index contributed by atoms with van der Waals surface area (Å²) in [6.07, 6.45) is 0.782. The zero-order valence-corrected chi connectivity index (χ0v) is 16.3. The van der Waals surface area contributed by atoms with E-state index in [-0.39, 0.29) is 17.6 Å². The summed E-state index contributed by atoms with van der Waals surface area (Å²) in [5.41, 5.74) is 2.80. The third-order valence-corrected chi connectivity index (χ3v) is 5.51. The van der Waals surface area contributed by atoms with Crippen molar-refractivity contribution in [2.24, 2.45) is 9.98 Å². The average molecular weight is 392 g/mol. The normalized spacial score (nSPS) is 17.5. The Labute approximate surface area is 167 Å². The first-order valence-electron chi connectivity index (χ1n) is 9.17. The Morgan fingerprint density at radius 3 is 2.71 bits per heavy atom. The Kier molecular flexibility index (Phi) is 5.25. The van der Waals surface area contributed by atoms with E-state index in [0.717, 1.165) is 17.7 Å². The minimum atomic E-state index is -0.438. The van der Waals surface area contributed by atoms with E-state index in [1.165, 1.54) is 22.2 Å². The van der Waals surface area contributed by atoms with Crippen LogP contribution in [0.1, 0.15) is 18.1 Å². The number of amidine groups is 2. The smallest absolute Gasteiger partial charge is 0.258 e. The lowest BCUT2D eigenvalue weighted by atomic mass is 10.1. The quantitative estimate of drug-likeness (QED) is 0.850. The number of rotatable bonds is 5. The second-order valence-corrected chi connectivity index (χ2v) is 7.53. The van der Waals surface area contributed by atoms with Crippen LogP contribution in [-0.2, 0) is 16.0 Å². The lowest BCUT2D eigenvalue weighted by Crippen LogP contribution is -2.41. The fourth-order valence-corrected chi connectivity index (χ4v) is 3.98. The van der Waals surface area contributed by atoms with Crippen molar-refractivity contribution in [2.75, 3.05) is 12.3 Å². The first-order valence-corrected chi connectivity index (χ1v) is 10.2. The van der Waals surface area contributed by atoms with Crippen molar-refractivity contribution < 1.29 is 9.59 Å². The molecule has 7 heteroatoms. The maximum Gasteiger partial charge on any atom is 0.258 e. The van der Waals surface area contributed by atoms with Gasteiger partial charge in [-0.2, -0.15) is 0 Å². The summed E-state index contributed by atoms with van der Waals surface area (Å²) in [6, 6.07) is 17.2. The third kappa shape index (κ3) is 3.71. The molecule has 0 saturated heterocycles. The molecule has 0 fully saturated rings. The summed E-state index contributed by atoms with van der Waals surface area (Å²) in [4.78, 5) is 35.4. The van der Waals surface area contributed by atoms with E-state index in [1.807, 2.05) is 54.6 Å². The number of thioether (sulfide) groups is 1. The maximum absolute atomic E-state index is 12.5. The van der Waals surface area contributed by atoms with Gasteiger partial charge in [0.1, 0.15) is 11.9 Å². The average Bonchev–Trinajstić information content (AvgIpc) is 3.02. The SMILES string of the molecule is C[C@H]1N=C2c3ccccc3N=C(SCC(=O)NCCc3ccccc3)N2C1=O. The van der Waals surface area contributed by atoms with Crippen LogP contribution in [0.25, 0.3) is 0 Å². The predicted molar refractivity (Wildman–Crippen MR) is 112 cm³/mol. The highest BCUT2D eigenvalue weighted by Gasteiger charge is 2.39. The molecular formula is C21H20N4O2S. The van der Waals surface area contributed by atoms with E-state index >= 15 is 0 Å². The van der Waals surface area contributed by atoms with Crippen molar-refractivity contribution in [3.8, 4) is 0 Å². The van der Waals surface area contributed by atoms with Crippen molar-refractivity contribution in [2.45, 2.75) is 19.4 Å². The van der Waals surface area contributed by atoms with Crippen molar-refractivity contribution >= 4 is 40.3 Å². The number of carbonyl (C=O) groups is 2. The van der Waals surface area contributed by atoms with Gasteiger partial charge in [0.2, 0.25) is 5.91 Å². The van der Waals surface area contributed by atoms with Crippen LogP contribution < -0.4 is 5.32 Å². The Bertz CT molecular complexity index is 971. The first-order chi connectivity index (χ1) is 13.6. The van der Waals surface area contributed by atoms with E-state index < -0.39 is 6.04 Å². The molecule has 2 aromatic rings. The standard InChI is InChI=1S/C21H20N4O2S/c1-14-20(27)25-19(23-14)16-9-5-6-10-17(16)24-21(25)28-13-18(26)22-12-11-15-7-3-2-4-8-15/h2-10,14H,11-13H2,1H3,(H,22,26)/t14-/m1/s1. The second-order valence-electron chi connectivity index (χ2n) is 6.59. The van der Waals surface area contributed by atoms with Crippen LogP contribution in [0.2, 0.25) is 0 Å². The highest BCUT2D eigenvalue weighted by atomic mass is 32.2. The number of hydrogen-bond donors (Lipinski definition) is 1. The van der Waals surface area contributed by atoms with Crippen LogP contribution >= 0.6 is 11.8 Å². The number of benzene rings is 2. The highest BCUT2D eigenvalue weighted by molar-refractivity contribution is 8.14. The molecule has 2 aliphatic rings. The van der Waals surface area contributed by atoms with Crippen molar-refractivity contribution in [1.29, 1.82) is 0 Å². The van der Waals surface area contributed by atoms with Gasteiger partial charge < -0.3 is 5.32 Å². The molecule has 142 valence electrons. The lowest BCUT2D eigenvalue weighted by Gasteiger charge is -2.25. The van der Waals surface area contributed by atoms with E-state index in [4.69, 9.17) is 0 Å². The van der Waals surface area contributed by atoms with Gasteiger partial charge >= 0.3 is 0 Å². The summed E-state index contributed by atoms with van der Waals surface area (Å²) < 4.78 is 0. The summed E-state index contributed by atoms with van der Waals surface area (Å²) in [5.74, 6) is 0.623. The Hall–Kier alpha value is -2.93. The summed E-state index contributed by atoms with van der Waals surface area (Å²) in [6.45, 7) is 2.35. The first kappa shape index (κ1) is 18.4. The van der Waals surface area contributed by atoms with Gasteiger partial charge in [-0.1, -0.05) is 54.2 Å². The number of amides is 2. The molecule has 28 heavy (non-hydrogen) atoms. The molecule has 1 atom stereocenters. The van der Waals surface area contributed by atoms with Gasteiger partial charge in [-0.25, -0.2) is 9.89 Å². The largest absolute Gasteiger partial charge is 0.355 e. The molecule has 2 aromatic carbocycles. The van der Waals surface area contributed by atoms with Gasteiger partial charge in [0.25, 0.3) is 5.91 Å². The Morgan fingerprint density at radius 2 is 1.89 bits per heavy atom. The minimum Gasteiger partial charge on any atom is -0.355 e. The molecule has 0 aromatic heterocycles. The van der Waals surface area contributed by atoms with Crippen molar-refractivity contribution in [1.82, 2.24) is 10.2 Å². The molecule has 2 aliphatic heterocycles. The van der Waals surface area contributed by atoms with Gasteiger partial charge in [-0.15, -0.1) is 0 Å². The Balaban J connectivity index is 1.40. The summed E-state index contributed by atoms with van der Waals surface area (Å²) in [7, 11) is 0. The van der Waals surface area contributed by atoms with Gasteiger partial charge in [-0.05, 0) is 31.0 Å². The van der Waals surface area contributed by atoms with Crippen molar-refractivity contribution in [3.05, 3.63) is 65.7 Å². The van der Waals surface area contributed by atoms with E-state index in [1.54, 1.807) is 6.92 Å². The fraction of sp³-hybridized carbons (Fsp3) is 0.238. The van der Waals surface area contributed by atoms with Gasteiger partial charge in [0.15, 0.2) is 5.17 Å². The van der Waals surface area contributed by atoms with E-state index in [0.29, 0.717) is 17.5 Å². The monoisotopic (exact) mass is 392 g/mol. The van der Waals surface area contributed by atoms with Gasteiger partial charge in [-0.3, -0.25) is 14.6 Å². The van der Waals surface area contributed by atoms with Gasteiger partial charge in [0, 0.05) is 12.1 Å². The maximum atomic E-state index is 12.5. The highest BCUT2D eigenvalue weighted by Crippen LogP contribution is 2.33. The molecular weight excluding hydrogens is 372 g/mol. The summed E-state index contributed by atoms with van der Waals surface area (Å²) in [5, 5.41) is 3.43. The number of para-hydroxylation sites is 1. The summed E-state index contributed by atoms with van der Waals surface area (Å²) >= 11 is 1.26. The molecule has 0 aliphatic carbocycles. The van der Waals surface area contributed by atoms with E-state index in [9.17, 15) is 9.59 Å². The molecule has 1 N–H and O–H groups in total. The molecule has 0 bridgehead atoms. The topological polar surface area (TPSA) is 74.1 Å². The van der Waals surface area contributed by atoms with Gasteiger partial charge in [0.05, 0.1) is 11.4 Å². The molecule has 0 saturated carbocycles. The molecule has 4 rings (SSSR count). The molecule has 0 spiro atoms. The zero-order chi connectivity index (χ0) is 19.5. The van der Waals surface area contributed by atoms with Crippen molar-refractivity contribution in [3.63, 3.8) is 0 Å². The minimum absolute atomic E-state index is 0.0827. The van der Waals surface area contributed by atoms with Crippen LogP contribution in [0.15, 0.2) is 64.6 Å². The predicted octanol–water partition coefficient (Wildman–Crippen LogP) is 2.76. The third-order valence-electron chi connectivity index (χ3n) is 4.57. The molecule has 2 amide bonds. The second kappa shape index (κ2) is 7.98. The number of aliphatic imine (C=N–C) groups is 2. The lowest BCUT2D eigenvalue weighted by molar-refractivity contribution is -0.124. The van der Waals surface area contributed by atoms with Crippen LogP contribution in [-0.4, -0.2) is 46.1 Å². The van der Waals surface area contributed by atoms with Crippen LogP contribution in [0, 0.1) is 0 Å². The molecule has 0 radical (unpaired) electrons.